The molecule has 10 heteroatoms. The van der Waals surface area contributed by atoms with Gasteiger partial charge in [0, 0.05) is 51.3 Å². The summed E-state index contributed by atoms with van der Waals surface area (Å²) in [5, 5.41) is 7.02. The van der Waals surface area contributed by atoms with E-state index in [2.05, 4.69) is 20.1 Å². The standard InChI is InChI=1S/C20H26N6O4/c1-12-10-14(30-23-12)11-25-6-8-26(9-7-25)16(27)5-4-15-13(2)17-18(21-19(15)28)24(3)22-20(17)29/h10H,4-9,11H2,1-3H3,(H,21,28)(H,22,29). The first-order chi connectivity index (χ1) is 14.3. The molecule has 0 unspecified atom stereocenters. The highest BCUT2D eigenvalue weighted by Gasteiger charge is 2.23. The molecule has 0 spiro atoms. The molecule has 160 valence electrons. The van der Waals surface area contributed by atoms with Crippen LogP contribution in [-0.4, -0.2) is 61.8 Å². The van der Waals surface area contributed by atoms with Crippen LogP contribution in [0.3, 0.4) is 0 Å². The summed E-state index contributed by atoms with van der Waals surface area (Å²) in [6.45, 7) is 7.13. The summed E-state index contributed by atoms with van der Waals surface area (Å²) < 4.78 is 6.76. The number of aromatic nitrogens is 4. The molecule has 4 heterocycles. The molecule has 3 aromatic heterocycles. The van der Waals surface area contributed by atoms with E-state index in [9.17, 15) is 14.4 Å². The summed E-state index contributed by atoms with van der Waals surface area (Å²) in [7, 11) is 1.67. The van der Waals surface area contributed by atoms with Gasteiger partial charge in [-0.3, -0.25) is 29.1 Å². The van der Waals surface area contributed by atoms with Gasteiger partial charge in [0.1, 0.15) is 5.65 Å². The highest BCUT2D eigenvalue weighted by atomic mass is 16.5. The van der Waals surface area contributed by atoms with Gasteiger partial charge in [0.25, 0.3) is 11.1 Å². The van der Waals surface area contributed by atoms with Crippen LogP contribution in [0.2, 0.25) is 0 Å². The van der Waals surface area contributed by atoms with Crippen LogP contribution in [0.15, 0.2) is 20.2 Å². The van der Waals surface area contributed by atoms with Gasteiger partial charge in [-0.1, -0.05) is 5.16 Å². The number of fused-ring (bicyclic) bond motifs is 1. The molecule has 10 nitrogen and oxygen atoms in total. The maximum Gasteiger partial charge on any atom is 0.273 e. The number of rotatable bonds is 5. The maximum absolute atomic E-state index is 12.7. The molecule has 0 radical (unpaired) electrons. The Morgan fingerprint density at radius 2 is 1.90 bits per heavy atom. The SMILES string of the molecule is Cc1cc(CN2CCN(C(=O)CCc3c(C)c4c(=O)[nH]n(C)c4[nH]c3=O)CC2)on1. The zero-order valence-electron chi connectivity index (χ0n) is 17.4. The number of aryl methyl sites for hydroxylation is 3. The Kier molecular flexibility index (Phi) is 5.33. The van der Waals surface area contributed by atoms with Crippen molar-refractivity contribution >= 4 is 16.9 Å². The number of hydrogen-bond acceptors (Lipinski definition) is 6. The second-order valence-corrected chi connectivity index (χ2v) is 7.87. The molecule has 4 rings (SSSR count). The van der Waals surface area contributed by atoms with Crippen molar-refractivity contribution in [1.82, 2.24) is 29.7 Å². The van der Waals surface area contributed by atoms with E-state index in [-0.39, 0.29) is 23.4 Å². The van der Waals surface area contributed by atoms with Gasteiger partial charge >= 0.3 is 0 Å². The van der Waals surface area contributed by atoms with E-state index in [4.69, 9.17) is 4.52 Å². The van der Waals surface area contributed by atoms with Crippen molar-refractivity contribution in [3.63, 3.8) is 0 Å². The summed E-state index contributed by atoms with van der Waals surface area (Å²) in [6, 6.07) is 1.92. The van der Waals surface area contributed by atoms with Crippen molar-refractivity contribution in [3.05, 3.63) is 49.4 Å². The van der Waals surface area contributed by atoms with Crippen molar-refractivity contribution in [3.8, 4) is 0 Å². The quantitative estimate of drug-likeness (QED) is 0.625. The third kappa shape index (κ3) is 3.82. The van der Waals surface area contributed by atoms with Gasteiger partial charge in [-0.05, 0) is 25.8 Å². The van der Waals surface area contributed by atoms with Crippen molar-refractivity contribution in [2.75, 3.05) is 26.2 Å². The number of amides is 1. The van der Waals surface area contributed by atoms with Crippen molar-refractivity contribution in [2.24, 2.45) is 7.05 Å². The van der Waals surface area contributed by atoms with E-state index in [1.165, 1.54) is 4.68 Å². The Hall–Kier alpha value is -3.14. The number of nitrogens with zero attached hydrogens (tertiary/aromatic N) is 4. The number of nitrogens with one attached hydrogen (secondary N) is 2. The van der Waals surface area contributed by atoms with Crippen LogP contribution in [0.4, 0.5) is 0 Å². The molecule has 0 saturated carbocycles. The highest BCUT2D eigenvalue weighted by Crippen LogP contribution is 2.15. The molecule has 0 atom stereocenters. The minimum absolute atomic E-state index is 0.0195. The van der Waals surface area contributed by atoms with Gasteiger partial charge in [0.05, 0.1) is 17.6 Å². The molecular weight excluding hydrogens is 388 g/mol. The molecule has 3 aromatic rings. The van der Waals surface area contributed by atoms with E-state index >= 15 is 0 Å². The summed E-state index contributed by atoms with van der Waals surface area (Å²) in [5.74, 6) is 0.847. The second kappa shape index (κ2) is 7.94. The molecule has 0 aliphatic carbocycles. The normalized spacial score (nSPS) is 15.2. The van der Waals surface area contributed by atoms with Gasteiger partial charge in [0.2, 0.25) is 5.91 Å². The Balaban J connectivity index is 1.37. The van der Waals surface area contributed by atoms with Crippen LogP contribution < -0.4 is 11.1 Å². The van der Waals surface area contributed by atoms with Crippen LogP contribution in [0.5, 0.6) is 0 Å². The number of carbonyl (C=O) groups is 1. The Labute approximate surface area is 172 Å². The van der Waals surface area contributed by atoms with Crippen LogP contribution in [0.25, 0.3) is 11.0 Å². The van der Waals surface area contributed by atoms with Crippen LogP contribution in [0, 0.1) is 13.8 Å². The van der Waals surface area contributed by atoms with Gasteiger partial charge in [-0.2, -0.15) is 0 Å². The number of hydrogen-bond donors (Lipinski definition) is 2. The van der Waals surface area contributed by atoms with E-state index in [1.54, 1.807) is 14.0 Å². The third-order valence-electron chi connectivity index (χ3n) is 5.77. The molecule has 1 aliphatic heterocycles. The zero-order chi connectivity index (χ0) is 21.4. The molecule has 0 aromatic carbocycles. The van der Waals surface area contributed by atoms with E-state index in [0.29, 0.717) is 48.2 Å². The molecular formula is C20H26N6O4. The van der Waals surface area contributed by atoms with Gasteiger partial charge in [-0.15, -0.1) is 0 Å². The zero-order valence-corrected chi connectivity index (χ0v) is 17.4. The van der Waals surface area contributed by atoms with Crippen molar-refractivity contribution in [1.29, 1.82) is 0 Å². The number of H-pyrrole nitrogens is 2. The van der Waals surface area contributed by atoms with E-state index < -0.39 is 0 Å². The van der Waals surface area contributed by atoms with E-state index in [0.717, 1.165) is 24.5 Å². The fourth-order valence-corrected chi connectivity index (χ4v) is 4.10. The predicted octanol–water partition coefficient (Wildman–Crippen LogP) is 0.437. The topological polar surface area (TPSA) is 120 Å². The number of piperazine rings is 1. The Morgan fingerprint density at radius 3 is 2.57 bits per heavy atom. The molecule has 1 saturated heterocycles. The average Bonchev–Trinajstić information content (AvgIpc) is 3.24. The molecule has 0 bridgehead atoms. The first kappa shape index (κ1) is 20.1. The first-order valence-corrected chi connectivity index (χ1v) is 10.1. The van der Waals surface area contributed by atoms with Crippen LogP contribution in [0.1, 0.15) is 29.0 Å². The largest absolute Gasteiger partial charge is 0.360 e. The van der Waals surface area contributed by atoms with Gasteiger partial charge < -0.3 is 14.4 Å². The molecule has 2 N–H and O–H groups in total. The molecule has 1 amide bonds. The Morgan fingerprint density at radius 1 is 1.17 bits per heavy atom. The summed E-state index contributed by atoms with van der Waals surface area (Å²) in [6.07, 6.45) is 0.545. The number of pyridine rings is 1. The maximum atomic E-state index is 12.7. The average molecular weight is 414 g/mol. The fourth-order valence-electron chi connectivity index (χ4n) is 4.10. The predicted molar refractivity (Wildman–Crippen MR) is 110 cm³/mol. The minimum Gasteiger partial charge on any atom is -0.360 e. The monoisotopic (exact) mass is 414 g/mol. The lowest BCUT2D eigenvalue weighted by atomic mass is 10.0. The summed E-state index contributed by atoms with van der Waals surface area (Å²) in [5.41, 5.74) is 1.96. The van der Waals surface area contributed by atoms with Crippen LogP contribution in [-0.2, 0) is 24.8 Å². The number of carbonyl (C=O) groups excluding carboxylic acids is 1. The second-order valence-electron chi connectivity index (χ2n) is 7.87. The molecule has 1 aliphatic rings. The molecule has 1 fully saturated rings. The van der Waals surface area contributed by atoms with Crippen LogP contribution >= 0.6 is 0 Å². The Bertz CT molecular complexity index is 1190. The number of aromatic amines is 2. The smallest absolute Gasteiger partial charge is 0.273 e. The minimum atomic E-state index is -0.255. The van der Waals surface area contributed by atoms with Crippen molar-refractivity contribution in [2.45, 2.75) is 33.2 Å². The lowest BCUT2D eigenvalue weighted by Crippen LogP contribution is -2.48. The first-order valence-electron chi connectivity index (χ1n) is 10.1. The fraction of sp³-hybridized carbons (Fsp3) is 0.500. The van der Waals surface area contributed by atoms with Gasteiger partial charge in [0.15, 0.2) is 5.76 Å². The van der Waals surface area contributed by atoms with Gasteiger partial charge in [-0.25, -0.2) is 0 Å². The highest BCUT2D eigenvalue weighted by molar-refractivity contribution is 5.80. The summed E-state index contributed by atoms with van der Waals surface area (Å²) in [4.78, 5) is 44.1. The lowest BCUT2D eigenvalue weighted by molar-refractivity contribution is -0.133. The summed E-state index contributed by atoms with van der Waals surface area (Å²) >= 11 is 0. The third-order valence-corrected chi connectivity index (χ3v) is 5.77. The molecule has 30 heavy (non-hydrogen) atoms. The lowest BCUT2D eigenvalue weighted by Gasteiger charge is -2.34. The van der Waals surface area contributed by atoms with E-state index in [1.807, 2.05) is 17.9 Å². The van der Waals surface area contributed by atoms with Crippen molar-refractivity contribution < 1.29 is 9.32 Å².